The highest BCUT2D eigenvalue weighted by molar-refractivity contribution is 6.08. The van der Waals surface area contributed by atoms with Gasteiger partial charge in [-0.05, 0) is 105 Å². The first-order valence-electron chi connectivity index (χ1n) is 27.7. The normalized spacial score (nSPS) is 12.1. The Bertz CT molecular complexity index is 3170. The molecule has 0 radical (unpaired) electrons. The van der Waals surface area contributed by atoms with Crippen LogP contribution < -0.4 is 18.3 Å². The smallest absolute Gasteiger partial charge is 0.286 e. The van der Waals surface area contributed by atoms with Crippen molar-refractivity contribution in [3.05, 3.63) is 151 Å². The molecule has 0 fully saturated rings. The molecule has 7 aromatic heterocycles. The van der Waals surface area contributed by atoms with Gasteiger partial charge in [0.25, 0.3) is 5.82 Å². The molecule has 2 aliphatic rings. The van der Waals surface area contributed by atoms with Gasteiger partial charge < -0.3 is 4.98 Å². The van der Waals surface area contributed by atoms with E-state index in [0.29, 0.717) is 0 Å². The summed E-state index contributed by atoms with van der Waals surface area (Å²) >= 11 is 0. The summed E-state index contributed by atoms with van der Waals surface area (Å²) in [7, 11) is 0. The molecule has 9 heterocycles. The van der Waals surface area contributed by atoms with Gasteiger partial charge in [0.15, 0.2) is 24.1 Å². The predicted octanol–water partition coefficient (Wildman–Crippen LogP) is 14.6. The quantitative estimate of drug-likeness (QED) is 0.0484. The molecule has 8 nitrogen and oxygen atoms in total. The highest BCUT2D eigenvalue weighted by Gasteiger charge is 2.39. The first-order chi connectivity index (χ1) is 35.6. The molecular weight excluding hydrogens is 881 g/mol. The molecule has 7 aromatic rings. The molecule has 8 heteroatoms. The Morgan fingerprint density at radius 3 is 1.36 bits per heavy atom. The fourth-order valence-corrected chi connectivity index (χ4v) is 10.7. The molecule has 0 saturated heterocycles. The first-order valence-corrected chi connectivity index (χ1v) is 27.7. The van der Waals surface area contributed by atoms with E-state index in [2.05, 4.69) is 208 Å². The van der Waals surface area contributed by atoms with Crippen molar-refractivity contribution >= 4 is 46.4 Å². The number of fused-ring (bicyclic) bond motifs is 8. The molecule has 2 aliphatic heterocycles. The number of H-pyrrole nitrogens is 1. The largest absolute Gasteiger partial charge is 0.355 e. The highest BCUT2D eigenvalue weighted by Crippen LogP contribution is 2.45. The Labute approximate surface area is 429 Å². The fraction of sp³-hybridized carbons (Fsp3) is 0.375. The van der Waals surface area contributed by atoms with Crippen LogP contribution >= 0.6 is 0 Å². The van der Waals surface area contributed by atoms with E-state index in [1.165, 1.54) is 99.6 Å². The van der Waals surface area contributed by atoms with E-state index in [0.717, 1.165) is 114 Å². The van der Waals surface area contributed by atoms with E-state index in [1.54, 1.807) is 0 Å². The maximum atomic E-state index is 5.67. The van der Waals surface area contributed by atoms with Gasteiger partial charge in [0.05, 0.1) is 35.5 Å². The van der Waals surface area contributed by atoms with Gasteiger partial charge in [0.2, 0.25) is 17.1 Å². The summed E-state index contributed by atoms with van der Waals surface area (Å²) in [6, 6.07) is 38.2. The minimum Gasteiger partial charge on any atom is -0.355 e. The zero-order chi connectivity index (χ0) is 49.5. The number of rotatable bonds is 24. The van der Waals surface area contributed by atoms with Gasteiger partial charge in [0.1, 0.15) is 41.8 Å². The maximum absolute atomic E-state index is 5.67. The second kappa shape index (κ2) is 25.0. The number of nitrogens with one attached hydrogen (secondary N) is 1. The fourth-order valence-electron chi connectivity index (χ4n) is 10.7. The van der Waals surface area contributed by atoms with Crippen molar-refractivity contribution in [2.45, 2.75) is 157 Å². The molecule has 370 valence electrons. The number of pyridine rings is 4. The van der Waals surface area contributed by atoms with Crippen molar-refractivity contribution in [3.63, 3.8) is 0 Å². The summed E-state index contributed by atoms with van der Waals surface area (Å²) in [6.07, 6.45) is 36.9. The van der Waals surface area contributed by atoms with Crippen LogP contribution in [0, 0.1) is 0 Å². The van der Waals surface area contributed by atoms with E-state index in [4.69, 9.17) is 9.97 Å². The second-order valence-electron chi connectivity index (χ2n) is 19.9. The predicted molar refractivity (Wildman–Crippen MR) is 297 cm³/mol. The minimum absolute atomic E-state index is 0.903. The van der Waals surface area contributed by atoms with Gasteiger partial charge in [-0.25, -0.2) is 14.5 Å². The van der Waals surface area contributed by atoms with Crippen molar-refractivity contribution in [2.24, 2.45) is 0 Å². The third-order valence-electron chi connectivity index (χ3n) is 14.4. The van der Waals surface area contributed by atoms with Gasteiger partial charge in [-0.1, -0.05) is 85.1 Å². The number of hydrogen-bond donors (Lipinski definition) is 1. The third-order valence-corrected chi connectivity index (χ3v) is 14.4. The summed E-state index contributed by atoms with van der Waals surface area (Å²) < 4.78 is 12.7. The monoisotopic (exact) mass is 959 g/mol. The van der Waals surface area contributed by atoms with E-state index < -0.39 is 0 Å². The number of nitrogens with zero attached hydrogens (tertiary/aromatic N) is 7. The summed E-state index contributed by atoms with van der Waals surface area (Å²) in [4.78, 5) is 14.7. The summed E-state index contributed by atoms with van der Waals surface area (Å²) in [6.45, 7) is 12.9. The molecule has 0 aliphatic carbocycles. The van der Waals surface area contributed by atoms with Crippen LogP contribution in [0.4, 0.5) is 0 Å². The number of aromatic nitrogens is 8. The van der Waals surface area contributed by atoms with Gasteiger partial charge in [-0.3, -0.25) is 0 Å². The lowest BCUT2D eigenvalue weighted by molar-refractivity contribution is -0.691. The van der Waals surface area contributed by atoms with Crippen LogP contribution in [0.5, 0.6) is 0 Å². The molecule has 9 rings (SSSR count). The SMILES string of the molecule is CCCCCC[n+]1ccccc1-c1c(-c2cccc[n+]2CCCCCC)c2c(-c3cccc[n+]3CCCCCC)c3nc(cc4ccc(cc5nc(cc1n2-c1cccc[n+]1CCCCCC)C=C5)[nH]4)C=C3. The number of aromatic amines is 1. The third kappa shape index (κ3) is 11.8. The second-order valence-corrected chi connectivity index (χ2v) is 19.9. The van der Waals surface area contributed by atoms with E-state index >= 15 is 0 Å². The van der Waals surface area contributed by atoms with Crippen molar-refractivity contribution in [3.8, 4) is 39.6 Å². The van der Waals surface area contributed by atoms with Crippen LogP contribution in [0.2, 0.25) is 0 Å². The van der Waals surface area contributed by atoms with Gasteiger partial charge in [-0.2, -0.15) is 18.3 Å². The van der Waals surface area contributed by atoms with E-state index in [1.807, 2.05) is 0 Å². The zero-order valence-electron chi connectivity index (χ0n) is 43.7. The zero-order valence-corrected chi connectivity index (χ0v) is 43.7. The molecule has 0 spiro atoms. The maximum Gasteiger partial charge on any atom is 0.286 e. The Morgan fingerprint density at radius 1 is 0.403 bits per heavy atom. The van der Waals surface area contributed by atoms with Gasteiger partial charge in [-0.15, -0.1) is 0 Å². The van der Waals surface area contributed by atoms with Crippen molar-refractivity contribution < 1.29 is 18.3 Å². The Kier molecular flexibility index (Phi) is 17.4. The van der Waals surface area contributed by atoms with E-state index in [9.17, 15) is 0 Å². The average Bonchev–Trinajstić information content (AvgIpc) is 4.23. The highest BCUT2D eigenvalue weighted by atomic mass is 15.2. The Hall–Kier alpha value is -6.80. The van der Waals surface area contributed by atoms with Crippen molar-refractivity contribution in [1.29, 1.82) is 0 Å². The Balaban J connectivity index is 1.54. The van der Waals surface area contributed by atoms with Gasteiger partial charge >= 0.3 is 0 Å². The summed E-state index contributed by atoms with van der Waals surface area (Å²) in [5.41, 5.74) is 15.0. The Morgan fingerprint density at radius 2 is 0.833 bits per heavy atom. The van der Waals surface area contributed by atoms with Crippen molar-refractivity contribution in [1.82, 2.24) is 19.5 Å². The average molecular weight is 959 g/mol. The molecule has 0 saturated carbocycles. The van der Waals surface area contributed by atoms with Crippen LogP contribution in [0.3, 0.4) is 0 Å². The molecule has 72 heavy (non-hydrogen) atoms. The molecule has 0 atom stereocenters. The number of unbranched alkanes of at least 4 members (excludes halogenated alkanes) is 12. The molecule has 0 aromatic carbocycles. The lowest BCUT2D eigenvalue weighted by atomic mass is 9.97. The lowest BCUT2D eigenvalue weighted by Gasteiger charge is -2.11. The molecular formula is C64H78N8+4. The van der Waals surface area contributed by atoms with Gasteiger partial charge in [0, 0.05) is 78.8 Å². The minimum atomic E-state index is 0.903. The molecule has 8 bridgehead atoms. The summed E-state index contributed by atoms with van der Waals surface area (Å²) in [5, 5.41) is 0. The molecule has 0 amide bonds. The van der Waals surface area contributed by atoms with Crippen LogP contribution in [0.1, 0.15) is 153 Å². The molecule has 0 unspecified atom stereocenters. The number of hydrogen-bond acceptors (Lipinski definition) is 2. The lowest BCUT2D eigenvalue weighted by Crippen LogP contribution is -2.38. The summed E-state index contributed by atoms with van der Waals surface area (Å²) in [5.74, 6) is 1.12. The van der Waals surface area contributed by atoms with Crippen LogP contribution in [0.25, 0.3) is 86.0 Å². The topological polar surface area (TPSA) is 62.0 Å². The molecule has 1 N–H and O–H groups in total. The number of aryl methyl sites for hydroxylation is 4. The van der Waals surface area contributed by atoms with Crippen LogP contribution in [0.15, 0.2) is 128 Å². The first kappa shape index (κ1) is 50.2. The standard InChI is InChI=1S/C64H77N8/c1-5-9-13-21-39-68-42-25-17-29-56(68)61-55-38-37-53(67-55)48-52-34-33-50(65-52)47-51-35-36-54(66-51)49-59-62(57-30-18-26-43-69(57)40-22-14-10-6-2)63(58-31-19-27-44-70(58)41-23-15-11-7-3)64(61)72(59)60-32-20-28-46-71(60)45-24-16-12-8-4/h17-20,25-38,42-44,46-49H,5-16,21-24,39-41,45H2,1-4H3/q+3/p+1. The van der Waals surface area contributed by atoms with Crippen LogP contribution in [-0.4, -0.2) is 19.5 Å². The van der Waals surface area contributed by atoms with Crippen LogP contribution in [-0.2, 0) is 26.2 Å². The van der Waals surface area contributed by atoms with Crippen molar-refractivity contribution in [2.75, 3.05) is 0 Å². The van der Waals surface area contributed by atoms with E-state index in [-0.39, 0.29) is 0 Å².